The van der Waals surface area contributed by atoms with E-state index in [0.717, 1.165) is 17.6 Å². The maximum Gasteiger partial charge on any atom is 0.330 e. The van der Waals surface area contributed by atoms with Crippen molar-refractivity contribution in [1.29, 1.82) is 0 Å². The highest BCUT2D eigenvalue weighted by Crippen LogP contribution is 2.30. The first kappa shape index (κ1) is 14.4. The molecule has 17 heavy (non-hydrogen) atoms. The molecular formula is C11H16O4S2. The predicted octanol–water partition coefficient (Wildman–Crippen LogP) is 1.84. The second kappa shape index (κ2) is 7.66. The zero-order chi connectivity index (χ0) is 12.7. The Balaban J connectivity index is 2.15. The van der Waals surface area contributed by atoms with Gasteiger partial charge in [0.1, 0.15) is 6.61 Å². The van der Waals surface area contributed by atoms with Crippen LogP contribution in [0.25, 0.3) is 0 Å². The molecule has 0 radical (unpaired) electrons. The van der Waals surface area contributed by atoms with Gasteiger partial charge in [-0.15, -0.1) is 11.8 Å². The van der Waals surface area contributed by atoms with Crippen LogP contribution in [0, 0.1) is 0 Å². The van der Waals surface area contributed by atoms with Gasteiger partial charge in [0.05, 0.1) is 6.42 Å². The summed E-state index contributed by atoms with van der Waals surface area (Å²) in [5.74, 6) is 1.08. The fourth-order valence-electron chi connectivity index (χ4n) is 1.23. The molecule has 0 aromatic carbocycles. The first-order chi connectivity index (χ1) is 8.11. The van der Waals surface area contributed by atoms with E-state index in [1.807, 2.05) is 0 Å². The third kappa shape index (κ3) is 6.02. The van der Waals surface area contributed by atoms with E-state index in [1.165, 1.54) is 0 Å². The number of hydrogen-bond acceptors (Lipinski definition) is 6. The van der Waals surface area contributed by atoms with Crippen molar-refractivity contribution in [1.82, 2.24) is 0 Å². The van der Waals surface area contributed by atoms with Crippen molar-refractivity contribution in [2.45, 2.75) is 24.0 Å². The zero-order valence-electron chi connectivity index (χ0n) is 9.72. The highest BCUT2D eigenvalue weighted by Gasteiger charge is 2.23. The molecule has 1 aliphatic heterocycles. The molecule has 0 amide bonds. The Morgan fingerprint density at radius 1 is 1.47 bits per heavy atom. The smallest absolute Gasteiger partial charge is 0.330 e. The molecule has 0 saturated carbocycles. The van der Waals surface area contributed by atoms with Crippen molar-refractivity contribution in [3.05, 3.63) is 12.7 Å². The third-order valence-corrected chi connectivity index (χ3v) is 4.86. The summed E-state index contributed by atoms with van der Waals surface area (Å²) in [6, 6.07) is 0. The van der Waals surface area contributed by atoms with E-state index in [0.29, 0.717) is 5.25 Å². The van der Waals surface area contributed by atoms with Gasteiger partial charge in [-0.25, -0.2) is 4.79 Å². The van der Waals surface area contributed by atoms with Crippen molar-refractivity contribution in [3.63, 3.8) is 0 Å². The van der Waals surface area contributed by atoms with Crippen LogP contribution in [-0.2, 0) is 19.1 Å². The number of carbonyl (C=O) groups excluding carboxylic acids is 2. The maximum atomic E-state index is 11.4. The summed E-state index contributed by atoms with van der Waals surface area (Å²) >= 11 is 3.46. The van der Waals surface area contributed by atoms with E-state index in [2.05, 4.69) is 13.5 Å². The van der Waals surface area contributed by atoms with Crippen molar-refractivity contribution in [2.24, 2.45) is 0 Å². The Hall–Kier alpha value is -0.620. The number of rotatable bonds is 5. The van der Waals surface area contributed by atoms with Crippen LogP contribution in [0.2, 0.25) is 0 Å². The Bertz CT molecular complexity index is 293. The van der Waals surface area contributed by atoms with Crippen molar-refractivity contribution in [3.8, 4) is 0 Å². The Morgan fingerprint density at radius 3 is 2.88 bits per heavy atom. The Kier molecular flexibility index (Phi) is 6.50. The van der Waals surface area contributed by atoms with Crippen LogP contribution in [0.3, 0.4) is 0 Å². The Morgan fingerprint density at radius 2 is 2.24 bits per heavy atom. The normalized spacial score (nSPS) is 23.8. The molecule has 0 spiro atoms. The highest BCUT2D eigenvalue weighted by molar-refractivity contribution is 8.07. The lowest BCUT2D eigenvalue weighted by Crippen LogP contribution is -2.25. The van der Waals surface area contributed by atoms with Crippen molar-refractivity contribution >= 4 is 35.5 Å². The molecule has 1 rings (SSSR count). The van der Waals surface area contributed by atoms with Gasteiger partial charge in [0.2, 0.25) is 0 Å². The van der Waals surface area contributed by atoms with Gasteiger partial charge < -0.3 is 9.47 Å². The molecule has 96 valence electrons. The molecule has 1 saturated heterocycles. The molecule has 0 aromatic heterocycles. The van der Waals surface area contributed by atoms with Gasteiger partial charge in [-0.3, -0.25) is 4.79 Å². The lowest BCUT2D eigenvalue weighted by atomic mass is 10.4. The second-order valence-electron chi connectivity index (χ2n) is 3.53. The minimum Gasteiger partial charge on any atom is -0.462 e. The summed E-state index contributed by atoms with van der Waals surface area (Å²) < 4.78 is 9.97. The predicted molar refractivity (Wildman–Crippen MR) is 70.0 cm³/mol. The number of carbonyl (C=O) groups is 2. The molecule has 4 nitrogen and oxygen atoms in total. The quantitative estimate of drug-likeness (QED) is 0.564. The molecule has 2 atom stereocenters. The van der Waals surface area contributed by atoms with Gasteiger partial charge in [0.15, 0.2) is 5.44 Å². The van der Waals surface area contributed by atoms with Gasteiger partial charge in [0, 0.05) is 22.8 Å². The summed E-state index contributed by atoms with van der Waals surface area (Å²) in [6.07, 6.45) is 1.16. The van der Waals surface area contributed by atoms with Crippen molar-refractivity contribution < 1.29 is 19.1 Å². The molecular weight excluding hydrogens is 260 g/mol. The molecule has 0 bridgehead atoms. The molecule has 0 N–H and O–H groups in total. The van der Waals surface area contributed by atoms with E-state index in [1.54, 1.807) is 23.5 Å². The number of hydrogen-bond donors (Lipinski definition) is 0. The minimum atomic E-state index is -0.519. The molecule has 0 aliphatic carbocycles. The van der Waals surface area contributed by atoms with Crippen LogP contribution in [0.5, 0.6) is 0 Å². The van der Waals surface area contributed by atoms with Crippen LogP contribution in [-0.4, -0.2) is 40.7 Å². The lowest BCUT2D eigenvalue weighted by molar-refractivity contribution is -0.147. The van der Waals surface area contributed by atoms with Crippen LogP contribution < -0.4 is 0 Å². The second-order valence-corrected chi connectivity index (χ2v) is 6.20. The summed E-state index contributed by atoms with van der Waals surface area (Å²) in [7, 11) is 0. The minimum absolute atomic E-state index is 0.0454. The monoisotopic (exact) mass is 276 g/mol. The standard InChI is InChI=1S/C11H16O4S2/c1-3-9(12)14-5-4-10(13)15-11-7-16-6-8(2)17-11/h3,8,11H,1,4-7H2,2H3. The average molecular weight is 276 g/mol. The van der Waals surface area contributed by atoms with E-state index in [9.17, 15) is 9.59 Å². The zero-order valence-corrected chi connectivity index (χ0v) is 11.4. The van der Waals surface area contributed by atoms with Gasteiger partial charge in [-0.2, -0.15) is 11.8 Å². The van der Waals surface area contributed by atoms with Crippen LogP contribution in [0.4, 0.5) is 0 Å². The topological polar surface area (TPSA) is 52.6 Å². The van der Waals surface area contributed by atoms with Crippen LogP contribution in [0.1, 0.15) is 13.3 Å². The molecule has 0 aromatic rings. The molecule has 6 heteroatoms. The van der Waals surface area contributed by atoms with E-state index in [-0.39, 0.29) is 24.4 Å². The summed E-state index contributed by atoms with van der Waals surface area (Å²) in [6.45, 7) is 5.42. The van der Waals surface area contributed by atoms with E-state index in [4.69, 9.17) is 9.47 Å². The fourth-order valence-corrected chi connectivity index (χ4v) is 3.84. The van der Waals surface area contributed by atoms with Gasteiger partial charge >= 0.3 is 11.9 Å². The number of ether oxygens (including phenoxy) is 2. The molecule has 1 aliphatic rings. The first-order valence-corrected chi connectivity index (χ1v) is 7.43. The van der Waals surface area contributed by atoms with Crippen molar-refractivity contribution in [2.75, 3.05) is 18.1 Å². The lowest BCUT2D eigenvalue weighted by Gasteiger charge is -2.25. The number of esters is 2. The van der Waals surface area contributed by atoms with Gasteiger partial charge in [-0.1, -0.05) is 13.5 Å². The Labute approximate surface area is 109 Å². The fraction of sp³-hybridized carbons (Fsp3) is 0.636. The van der Waals surface area contributed by atoms with E-state index >= 15 is 0 Å². The van der Waals surface area contributed by atoms with Crippen LogP contribution >= 0.6 is 23.5 Å². The largest absolute Gasteiger partial charge is 0.462 e. The number of thioether (sulfide) groups is 2. The summed E-state index contributed by atoms with van der Waals surface area (Å²) in [4.78, 5) is 22.2. The summed E-state index contributed by atoms with van der Waals surface area (Å²) in [5.41, 5.74) is -0.0774. The van der Waals surface area contributed by atoms with Gasteiger partial charge in [0.25, 0.3) is 0 Å². The van der Waals surface area contributed by atoms with Gasteiger partial charge in [-0.05, 0) is 0 Å². The molecule has 2 unspecified atom stereocenters. The summed E-state index contributed by atoms with van der Waals surface area (Å²) in [5, 5.41) is 0.505. The first-order valence-electron chi connectivity index (χ1n) is 5.33. The highest BCUT2D eigenvalue weighted by atomic mass is 32.2. The molecule has 1 heterocycles. The van der Waals surface area contributed by atoms with Crippen LogP contribution in [0.15, 0.2) is 12.7 Å². The maximum absolute atomic E-state index is 11.4. The average Bonchev–Trinajstić information content (AvgIpc) is 2.28. The van der Waals surface area contributed by atoms with E-state index < -0.39 is 5.97 Å². The molecule has 1 fully saturated rings. The third-order valence-electron chi connectivity index (χ3n) is 1.97. The SMILES string of the molecule is C=CC(=O)OCCC(=O)OC1CSCC(C)S1.